The molecule has 0 unspecified atom stereocenters. The van der Waals surface area contributed by atoms with Crippen molar-refractivity contribution in [3.63, 3.8) is 0 Å². The summed E-state index contributed by atoms with van der Waals surface area (Å²) in [7, 11) is 1.58. The van der Waals surface area contributed by atoms with Crippen molar-refractivity contribution < 1.29 is 29.6 Å². The molecule has 6 rings (SSSR count). The van der Waals surface area contributed by atoms with Crippen LogP contribution in [0.1, 0.15) is 55.2 Å². The van der Waals surface area contributed by atoms with Gasteiger partial charge in [0.1, 0.15) is 5.75 Å². The van der Waals surface area contributed by atoms with E-state index < -0.39 is 30.0 Å². The van der Waals surface area contributed by atoms with Crippen molar-refractivity contribution in [1.82, 2.24) is 4.90 Å². The second-order valence-electron chi connectivity index (χ2n) is 12.7. The normalized spacial score (nSPS) is 32.2. The molecule has 0 radical (unpaired) electrons. The molecule has 1 amide bonds. The lowest BCUT2D eigenvalue weighted by Crippen LogP contribution is -2.49. The number of nitrogens with zero attached hydrogens (tertiary/aromatic N) is 2. The van der Waals surface area contributed by atoms with Crippen LogP contribution in [0.5, 0.6) is 5.75 Å². The number of carboxylic acid groups (broad SMARTS) is 1. The zero-order chi connectivity index (χ0) is 29.6. The van der Waals surface area contributed by atoms with Gasteiger partial charge in [-0.1, -0.05) is 35.9 Å². The van der Waals surface area contributed by atoms with E-state index in [9.17, 15) is 24.9 Å². The van der Waals surface area contributed by atoms with Crippen molar-refractivity contribution in [3.8, 4) is 5.75 Å². The largest absolute Gasteiger partial charge is 0.490 e. The second kappa shape index (κ2) is 11.2. The molecule has 2 heterocycles. The fourth-order valence-corrected chi connectivity index (χ4v) is 7.58. The highest BCUT2D eigenvalue weighted by Crippen LogP contribution is 2.47. The van der Waals surface area contributed by atoms with Crippen molar-refractivity contribution in [2.24, 2.45) is 11.8 Å². The summed E-state index contributed by atoms with van der Waals surface area (Å²) in [4.78, 5) is 29.3. The van der Waals surface area contributed by atoms with Crippen molar-refractivity contribution in [2.45, 2.75) is 62.1 Å². The number of aliphatic hydroxyl groups is 2. The number of fused-ring (bicyclic) bond motifs is 4. The highest BCUT2D eigenvalue weighted by Gasteiger charge is 2.46. The van der Waals surface area contributed by atoms with Gasteiger partial charge in [0, 0.05) is 37.1 Å². The number of amides is 1. The number of carboxylic acids is 1. The third kappa shape index (κ3) is 5.18. The van der Waals surface area contributed by atoms with Gasteiger partial charge in [0.15, 0.2) is 5.60 Å². The molecule has 4 aliphatic rings. The summed E-state index contributed by atoms with van der Waals surface area (Å²) < 4.78 is 6.52. The molecule has 1 saturated carbocycles. The number of ether oxygens (including phenoxy) is 1. The van der Waals surface area contributed by atoms with E-state index in [4.69, 9.17) is 16.3 Å². The van der Waals surface area contributed by atoms with Crippen molar-refractivity contribution >= 4 is 29.2 Å². The molecule has 3 N–H and O–H groups in total. The van der Waals surface area contributed by atoms with Gasteiger partial charge in [-0.2, -0.15) is 0 Å². The summed E-state index contributed by atoms with van der Waals surface area (Å²) in [5, 5.41) is 33.5. The van der Waals surface area contributed by atoms with Crippen molar-refractivity contribution in [1.29, 1.82) is 0 Å². The third-order valence-corrected chi connectivity index (χ3v) is 10.3. The summed E-state index contributed by atoms with van der Waals surface area (Å²) in [6.45, 7) is 2.03. The molecule has 8 nitrogen and oxygen atoms in total. The van der Waals surface area contributed by atoms with Crippen LogP contribution in [0, 0.1) is 11.8 Å². The van der Waals surface area contributed by atoms with E-state index in [1.54, 1.807) is 25.2 Å². The highest BCUT2D eigenvalue weighted by molar-refractivity contribution is 6.30. The van der Waals surface area contributed by atoms with E-state index in [1.807, 2.05) is 18.2 Å². The SMILES string of the molecule is CN1C/C=C/C[C@H](O)[C@@H]2CC[C@H]2CN2C[C@@]3(CCCc4cc(Cl)ccc43)COc3ccc(cc32)[C@@](O)(C(=O)O)CC1=O. The van der Waals surface area contributed by atoms with Crippen LogP contribution in [0.25, 0.3) is 0 Å². The number of aliphatic carboxylic acids is 1. The van der Waals surface area contributed by atoms with Gasteiger partial charge in [-0.3, -0.25) is 4.79 Å². The van der Waals surface area contributed by atoms with E-state index in [0.717, 1.165) is 32.1 Å². The predicted molar refractivity (Wildman–Crippen MR) is 160 cm³/mol. The van der Waals surface area contributed by atoms with E-state index in [2.05, 4.69) is 17.0 Å². The average molecular weight is 595 g/mol. The molecule has 0 aromatic heterocycles. The molecule has 2 bridgehead atoms. The van der Waals surface area contributed by atoms with Crippen LogP contribution in [0.3, 0.4) is 0 Å². The summed E-state index contributed by atoms with van der Waals surface area (Å²) in [6, 6.07) is 11.1. The Labute approximate surface area is 251 Å². The molecule has 0 saturated heterocycles. The molecule has 1 fully saturated rings. The minimum absolute atomic E-state index is 0.141. The number of halogens is 1. The number of carbonyl (C=O) groups excluding carboxylic acids is 1. The van der Waals surface area contributed by atoms with Crippen LogP contribution < -0.4 is 9.64 Å². The second-order valence-corrected chi connectivity index (χ2v) is 13.1. The van der Waals surface area contributed by atoms with Crippen LogP contribution in [0.4, 0.5) is 5.69 Å². The number of aliphatic hydroxyl groups excluding tert-OH is 1. The van der Waals surface area contributed by atoms with Crippen LogP contribution in [-0.2, 0) is 27.0 Å². The Morgan fingerprint density at radius 3 is 2.74 bits per heavy atom. The summed E-state index contributed by atoms with van der Waals surface area (Å²) in [5.74, 6) is -0.950. The van der Waals surface area contributed by atoms with Crippen LogP contribution >= 0.6 is 11.6 Å². The molecule has 2 aromatic rings. The highest BCUT2D eigenvalue weighted by atomic mass is 35.5. The minimum atomic E-state index is -2.40. The van der Waals surface area contributed by atoms with Gasteiger partial charge in [0.25, 0.3) is 0 Å². The maximum absolute atomic E-state index is 13.1. The summed E-state index contributed by atoms with van der Waals surface area (Å²) in [6.07, 6.45) is 7.93. The zero-order valence-electron chi connectivity index (χ0n) is 24.0. The number of rotatable bonds is 1. The molecule has 2 aliphatic carbocycles. The molecular formula is C33H39ClN2O6. The van der Waals surface area contributed by atoms with Gasteiger partial charge in [-0.25, -0.2) is 4.79 Å². The lowest BCUT2D eigenvalue weighted by atomic mass is 9.68. The Morgan fingerprint density at radius 1 is 1.14 bits per heavy atom. The molecule has 224 valence electrons. The molecular weight excluding hydrogens is 556 g/mol. The number of aryl methyl sites for hydroxylation is 1. The number of hydrogen-bond donors (Lipinski definition) is 3. The van der Waals surface area contributed by atoms with E-state index in [-0.39, 0.29) is 29.4 Å². The van der Waals surface area contributed by atoms with Crippen LogP contribution in [0.2, 0.25) is 5.02 Å². The lowest BCUT2D eigenvalue weighted by molar-refractivity contribution is -0.164. The topological polar surface area (TPSA) is 111 Å². The maximum Gasteiger partial charge on any atom is 0.340 e. The molecule has 2 aromatic carbocycles. The Morgan fingerprint density at radius 2 is 1.98 bits per heavy atom. The zero-order valence-corrected chi connectivity index (χ0v) is 24.7. The van der Waals surface area contributed by atoms with Crippen LogP contribution in [-0.4, -0.2) is 71.5 Å². The van der Waals surface area contributed by atoms with Crippen molar-refractivity contribution in [3.05, 3.63) is 70.3 Å². The first-order valence-electron chi connectivity index (χ1n) is 14.9. The van der Waals surface area contributed by atoms with Gasteiger partial charge in [0.05, 0.1) is 24.8 Å². The molecule has 9 heteroatoms. The first kappa shape index (κ1) is 29.0. The van der Waals surface area contributed by atoms with E-state index in [0.29, 0.717) is 42.6 Å². The average Bonchev–Trinajstić information content (AvgIpc) is 3.09. The number of carbonyl (C=O) groups is 2. The van der Waals surface area contributed by atoms with Gasteiger partial charge in [-0.15, -0.1) is 0 Å². The Hall–Kier alpha value is -3.07. The minimum Gasteiger partial charge on any atom is -0.490 e. The molecule has 2 aliphatic heterocycles. The summed E-state index contributed by atoms with van der Waals surface area (Å²) >= 11 is 6.38. The fourth-order valence-electron chi connectivity index (χ4n) is 7.38. The standard InChI is InChI=1S/C33H39ClN2O6/c1-35-14-3-2-6-28(37)25-10-7-22(25)18-36-19-32(13-4-5-21-15-24(34)9-11-26(21)32)20-42-29-12-8-23(16-27(29)36)33(41,31(39)40)17-30(35)38/h2-3,8-9,11-12,15-16,22,25,28,37,41H,4-7,10,13-14,17-20H2,1H3,(H,39,40)/b3-2+/t22-,25+,28-,32-,33+/m0/s1. The smallest absolute Gasteiger partial charge is 0.340 e. The van der Waals surface area contributed by atoms with Gasteiger partial charge >= 0.3 is 5.97 Å². The molecule has 42 heavy (non-hydrogen) atoms. The number of likely N-dealkylation sites (N-methyl/N-ethyl adjacent to an activating group) is 1. The first-order valence-corrected chi connectivity index (χ1v) is 15.3. The van der Waals surface area contributed by atoms with Gasteiger partial charge in [-0.05, 0) is 91.3 Å². The molecule has 5 atom stereocenters. The summed E-state index contributed by atoms with van der Waals surface area (Å²) in [5.41, 5.74) is 0.594. The fraction of sp³-hybridized carbons (Fsp3) is 0.515. The maximum atomic E-state index is 13.1. The van der Waals surface area contributed by atoms with E-state index in [1.165, 1.54) is 16.0 Å². The monoisotopic (exact) mass is 594 g/mol. The Bertz CT molecular complexity index is 1410. The first-order chi connectivity index (χ1) is 20.1. The Balaban J connectivity index is 1.46. The van der Waals surface area contributed by atoms with Gasteiger partial charge < -0.3 is 29.9 Å². The lowest BCUT2D eigenvalue weighted by Gasteiger charge is -2.45. The number of benzene rings is 2. The third-order valence-electron chi connectivity index (χ3n) is 10.1. The number of anilines is 1. The van der Waals surface area contributed by atoms with Crippen LogP contribution in [0.15, 0.2) is 48.6 Å². The van der Waals surface area contributed by atoms with E-state index >= 15 is 0 Å². The number of hydrogen-bond acceptors (Lipinski definition) is 6. The Kier molecular flexibility index (Phi) is 7.75. The molecule has 1 spiro atoms. The predicted octanol–water partition coefficient (Wildman–Crippen LogP) is 4.28. The van der Waals surface area contributed by atoms with Gasteiger partial charge in [0.2, 0.25) is 5.91 Å². The van der Waals surface area contributed by atoms with Crippen molar-refractivity contribution in [2.75, 3.05) is 38.2 Å². The quantitative estimate of drug-likeness (QED) is 0.423.